The van der Waals surface area contributed by atoms with Crippen molar-refractivity contribution in [3.05, 3.63) is 11.8 Å². The summed E-state index contributed by atoms with van der Waals surface area (Å²) in [4.78, 5) is 10.9. The summed E-state index contributed by atoms with van der Waals surface area (Å²) in [5, 5.41) is 0. The molecule has 0 saturated heterocycles. The molecule has 0 spiro atoms. The fourth-order valence-corrected chi connectivity index (χ4v) is 2.29. The second-order valence-electron chi connectivity index (χ2n) is 5.87. The second kappa shape index (κ2) is 18.2. The Morgan fingerprint density at radius 3 is 2.05 bits per heavy atom. The molecule has 0 saturated carbocycles. The van der Waals surface area contributed by atoms with E-state index in [1.807, 2.05) is 6.08 Å². The van der Waals surface area contributed by atoms with Crippen LogP contribution in [0.5, 0.6) is 0 Å². The maximum Gasteiger partial charge on any atom is 0.189 e. The highest BCUT2D eigenvalue weighted by Gasteiger charge is 1.97. The molecule has 0 bridgehead atoms. The largest absolute Gasteiger partial charge is 0.464 e. The van der Waals surface area contributed by atoms with E-state index in [4.69, 9.17) is 9.47 Å². The molecular formula is C19H36O3. The van der Waals surface area contributed by atoms with Crippen molar-refractivity contribution < 1.29 is 14.3 Å². The first kappa shape index (κ1) is 21.2. The number of hydrogen-bond acceptors (Lipinski definition) is 3. The lowest BCUT2D eigenvalue weighted by atomic mass is 10.1. The van der Waals surface area contributed by atoms with Crippen LogP contribution in [0.1, 0.15) is 90.9 Å². The van der Waals surface area contributed by atoms with Crippen molar-refractivity contribution in [3.63, 3.8) is 0 Å². The van der Waals surface area contributed by atoms with Gasteiger partial charge in [-0.15, -0.1) is 0 Å². The van der Waals surface area contributed by atoms with Gasteiger partial charge in [0.25, 0.3) is 0 Å². The standard InChI is InChI=1S/C19H36O3/c1-3-5-7-9-10-11-13-15-19(17-20)22-18-21-16-14-12-8-6-4-2/h15,17H,3-14,16,18H2,1-2H3/b19-15+. The highest BCUT2D eigenvalue weighted by molar-refractivity contribution is 5.69. The van der Waals surface area contributed by atoms with Gasteiger partial charge in [0.15, 0.2) is 18.8 Å². The van der Waals surface area contributed by atoms with Gasteiger partial charge in [0.1, 0.15) is 0 Å². The van der Waals surface area contributed by atoms with E-state index in [0.29, 0.717) is 12.4 Å². The van der Waals surface area contributed by atoms with E-state index in [0.717, 1.165) is 25.5 Å². The van der Waals surface area contributed by atoms with E-state index in [1.54, 1.807) is 0 Å². The summed E-state index contributed by atoms with van der Waals surface area (Å²) in [5.74, 6) is 0.416. The number of allylic oxidation sites excluding steroid dienone is 2. The summed E-state index contributed by atoms with van der Waals surface area (Å²) in [7, 11) is 0. The Bertz CT molecular complexity index is 261. The minimum absolute atomic E-state index is 0.189. The summed E-state index contributed by atoms with van der Waals surface area (Å²) >= 11 is 0. The van der Waals surface area contributed by atoms with Gasteiger partial charge >= 0.3 is 0 Å². The summed E-state index contributed by atoms with van der Waals surface area (Å²) in [5.41, 5.74) is 0. The summed E-state index contributed by atoms with van der Waals surface area (Å²) in [6.07, 6.45) is 17.3. The Labute approximate surface area is 137 Å². The molecule has 0 aliphatic rings. The Kier molecular flexibility index (Phi) is 17.5. The molecule has 0 aromatic heterocycles. The Hall–Kier alpha value is -0.830. The van der Waals surface area contributed by atoms with Crippen LogP contribution < -0.4 is 0 Å². The van der Waals surface area contributed by atoms with Crippen LogP contribution >= 0.6 is 0 Å². The Balaban J connectivity index is 3.45. The Morgan fingerprint density at radius 1 is 0.818 bits per heavy atom. The SMILES string of the molecule is CCCCCCCC/C=C(\C=O)OCOCCCCCCC. The minimum Gasteiger partial charge on any atom is -0.464 e. The predicted octanol–water partition coefficient (Wildman–Crippen LogP) is 5.78. The van der Waals surface area contributed by atoms with E-state index in [1.165, 1.54) is 57.8 Å². The van der Waals surface area contributed by atoms with Gasteiger partial charge in [0, 0.05) is 0 Å². The normalized spacial score (nSPS) is 11.6. The second-order valence-corrected chi connectivity index (χ2v) is 5.87. The van der Waals surface area contributed by atoms with Gasteiger partial charge in [0.2, 0.25) is 0 Å². The van der Waals surface area contributed by atoms with Crippen molar-refractivity contribution in [2.75, 3.05) is 13.4 Å². The zero-order chi connectivity index (χ0) is 16.3. The maximum atomic E-state index is 10.9. The third-order valence-electron chi connectivity index (χ3n) is 3.72. The van der Waals surface area contributed by atoms with Gasteiger partial charge in [-0.2, -0.15) is 0 Å². The molecule has 0 fully saturated rings. The molecule has 0 unspecified atom stereocenters. The molecule has 0 amide bonds. The topological polar surface area (TPSA) is 35.5 Å². The van der Waals surface area contributed by atoms with E-state index in [-0.39, 0.29) is 6.79 Å². The lowest BCUT2D eigenvalue weighted by Crippen LogP contribution is -2.02. The van der Waals surface area contributed by atoms with Crippen molar-refractivity contribution in [1.29, 1.82) is 0 Å². The molecule has 0 aromatic rings. The molecule has 0 rings (SSSR count). The Morgan fingerprint density at radius 2 is 1.41 bits per heavy atom. The minimum atomic E-state index is 0.189. The van der Waals surface area contributed by atoms with Crippen molar-refractivity contribution in [3.8, 4) is 0 Å². The van der Waals surface area contributed by atoms with E-state index >= 15 is 0 Å². The van der Waals surface area contributed by atoms with E-state index in [9.17, 15) is 4.79 Å². The van der Waals surface area contributed by atoms with Crippen molar-refractivity contribution in [2.24, 2.45) is 0 Å². The summed E-state index contributed by atoms with van der Waals surface area (Å²) in [6.45, 7) is 5.34. The van der Waals surface area contributed by atoms with Gasteiger partial charge in [-0.25, -0.2) is 0 Å². The van der Waals surface area contributed by atoms with Crippen molar-refractivity contribution >= 4 is 6.29 Å². The molecule has 130 valence electrons. The van der Waals surface area contributed by atoms with Crippen LogP contribution in [0.15, 0.2) is 11.8 Å². The first-order chi connectivity index (χ1) is 10.8. The van der Waals surface area contributed by atoms with Crippen molar-refractivity contribution in [1.82, 2.24) is 0 Å². The summed E-state index contributed by atoms with van der Waals surface area (Å²) in [6, 6.07) is 0. The number of rotatable bonds is 17. The highest BCUT2D eigenvalue weighted by Crippen LogP contribution is 2.08. The maximum absolute atomic E-state index is 10.9. The van der Waals surface area contributed by atoms with Crippen LogP contribution in [0.4, 0.5) is 0 Å². The van der Waals surface area contributed by atoms with Gasteiger partial charge in [-0.1, -0.05) is 71.6 Å². The molecule has 0 aliphatic carbocycles. The number of carbonyl (C=O) groups excluding carboxylic acids is 1. The predicted molar refractivity (Wildman–Crippen MR) is 92.8 cm³/mol. The lowest BCUT2D eigenvalue weighted by molar-refractivity contribution is -0.111. The van der Waals surface area contributed by atoms with Crippen LogP contribution in [0.2, 0.25) is 0 Å². The first-order valence-corrected chi connectivity index (χ1v) is 9.21. The van der Waals surface area contributed by atoms with Gasteiger partial charge in [-0.3, -0.25) is 4.79 Å². The third-order valence-corrected chi connectivity index (χ3v) is 3.72. The first-order valence-electron chi connectivity index (χ1n) is 9.21. The monoisotopic (exact) mass is 312 g/mol. The fraction of sp³-hybridized carbons (Fsp3) is 0.842. The van der Waals surface area contributed by atoms with E-state index < -0.39 is 0 Å². The van der Waals surface area contributed by atoms with Crippen LogP contribution in [-0.4, -0.2) is 19.7 Å². The molecule has 0 heterocycles. The lowest BCUT2D eigenvalue weighted by Gasteiger charge is -2.07. The van der Waals surface area contributed by atoms with Gasteiger partial charge < -0.3 is 9.47 Å². The average Bonchev–Trinajstić information content (AvgIpc) is 2.54. The van der Waals surface area contributed by atoms with Crippen LogP contribution in [0, 0.1) is 0 Å². The fourth-order valence-electron chi connectivity index (χ4n) is 2.29. The number of unbranched alkanes of at least 4 members (excludes halogenated alkanes) is 10. The molecule has 0 N–H and O–H groups in total. The van der Waals surface area contributed by atoms with E-state index in [2.05, 4.69) is 13.8 Å². The molecular weight excluding hydrogens is 276 g/mol. The molecule has 3 nitrogen and oxygen atoms in total. The number of hydrogen-bond donors (Lipinski definition) is 0. The van der Waals surface area contributed by atoms with Gasteiger partial charge in [0.05, 0.1) is 6.61 Å². The number of aldehydes is 1. The van der Waals surface area contributed by atoms with Crippen molar-refractivity contribution in [2.45, 2.75) is 90.9 Å². The zero-order valence-corrected chi connectivity index (χ0v) is 14.8. The zero-order valence-electron chi connectivity index (χ0n) is 14.8. The molecule has 0 aliphatic heterocycles. The molecule has 0 radical (unpaired) electrons. The molecule has 0 aromatic carbocycles. The molecule has 3 heteroatoms. The third kappa shape index (κ3) is 15.6. The highest BCUT2D eigenvalue weighted by atomic mass is 16.7. The quantitative estimate of drug-likeness (QED) is 0.112. The number of ether oxygens (including phenoxy) is 2. The molecule has 0 atom stereocenters. The summed E-state index contributed by atoms with van der Waals surface area (Å²) < 4.78 is 10.7. The molecule has 22 heavy (non-hydrogen) atoms. The average molecular weight is 312 g/mol. The van der Waals surface area contributed by atoms with Crippen LogP contribution in [0.25, 0.3) is 0 Å². The van der Waals surface area contributed by atoms with Crippen LogP contribution in [-0.2, 0) is 14.3 Å². The van der Waals surface area contributed by atoms with Gasteiger partial charge in [-0.05, 0) is 25.3 Å². The van der Waals surface area contributed by atoms with Crippen LogP contribution in [0.3, 0.4) is 0 Å². The number of carbonyl (C=O) groups is 1. The smallest absolute Gasteiger partial charge is 0.189 e.